The zero-order chi connectivity index (χ0) is 14.7. The molecule has 0 fully saturated rings. The van der Waals surface area contributed by atoms with Crippen LogP contribution in [0.1, 0.15) is 17.8 Å². The van der Waals surface area contributed by atoms with Gasteiger partial charge in [-0.25, -0.2) is 9.67 Å². The van der Waals surface area contributed by atoms with Gasteiger partial charge in [-0.3, -0.25) is 0 Å². The van der Waals surface area contributed by atoms with E-state index in [4.69, 9.17) is 4.98 Å². The summed E-state index contributed by atoms with van der Waals surface area (Å²) in [6, 6.07) is 8.05. The Kier molecular flexibility index (Phi) is 4.03. The molecule has 0 spiro atoms. The Morgan fingerprint density at radius 1 is 1.38 bits per heavy atom. The molecule has 3 aromatic rings. The molecule has 7 heteroatoms. The molecule has 3 rings (SSSR count). The maximum Gasteiger partial charge on any atom is 0.143 e. The molecule has 0 aliphatic heterocycles. The molecule has 1 unspecified atom stereocenters. The molecule has 2 aromatic heterocycles. The van der Waals surface area contributed by atoms with Crippen LogP contribution in [0.2, 0.25) is 0 Å². The van der Waals surface area contributed by atoms with Gasteiger partial charge in [0, 0.05) is 23.4 Å². The van der Waals surface area contributed by atoms with Gasteiger partial charge in [0.1, 0.15) is 6.33 Å². The first kappa shape index (κ1) is 13.8. The van der Waals surface area contributed by atoms with E-state index >= 15 is 0 Å². The zero-order valence-corrected chi connectivity index (χ0v) is 12.7. The average molecular weight is 300 g/mol. The Hall–Kier alpha value is -2.12. The van der Waals surface area contributed by atoms with Crippen LogP contribution < -0.4 is 5.32 Å². The highest BCUT2D eigenvalue weighted by atomic mass is 32.1. The van der Waals surface area contributed by atoms with Crippen LogP contribution in [0.3, 0.4) is 0 Å². The summed E-state index contributed by atoms with van der Waals surface area (Å²) in [6.07, 6.45) is 1.58. The highest BCUT2D eigenvalue weighted by Crippen LogP contribution is 2.27. The van der Waals surface area contributed by atoms with E-state index in [-0.39, 0.29) is 0 Å². The first-order chi connectivity index (χ1) is 10.3. The van der Waals surface area contributed by atoms with Crippen molar-refractivity contribution in [3.05, 3.63) is 41.0 Å². The van der Waals surface area contributed by atoms with Crippen LogP contribution in [0.15, 0.2) is 36.0 Å². The number of tetrazole rings is 1. The molecule has 0 radical (unpaired) electrons. The lowest BCUT2D eigenvalue weighted by Gasteiger charge is -2.06. The second-order valence-corrected chi connectivity index (χ2v) is 5.72. The molecule has 2 heterocycles. The van der Waals surface area contributed by atoms with Crippen LogP contribution in [0.5, 0.6) is 0 Å². The lowest BCUT2D eigenvalue weighted by atomic mass is 10.1. The zero-order valence-electron chi connectivity index (χ0n) is 11.9. The van der Waals surface area contributed by atoms with Crippen molar-refractivity contribution in [2.24, 2.45) is 0 Å². The minimum Gasteiger partial charge on any atom is -0.319 e. The minimum atomic E-state index is 0.413. The maximum atomic E-state index is 4.74. The number of thiazole rings is 1. The lowest BCUT2D eigenvalue weighted by molar-refractivity contribution is 0.674. The summed E-state index contributed by atoms with van der Waals surface area (Å²) >= 11 is 1.70. The fraction of sp³-hybridized carbons (Fsp3) is 0.286. The van der Waals surface area contributed by atoms with Gasteiger partial charge in [0.2, 0.25) is 0 Å². The topological polar surface area (TPSA) is 68.5 Å². The second kappa shape index (κ2) is 6.11. The number of nitrogens with one attached hydrogen (secondary N) is 1. The molecule has 0 saturated heterocycles. The van der Waals surface area contributed by atoms with Crippen molar-refractivity contribution in [3.63, 3.8) is 0 Å². The number of likely N-dealkylation sites (N-methyl/N-ethyl adjacent to an activating group) is 1. The molecular weight excluding hydrogens is 284 g/mol. The quantitative estimate of drug-likeness (QED) is 0.781. The van der Waals surface area contributed by atoms with Gasteiger partial charge >= 0.3 is 0 Å². The van der Waals surface area contributed by atoms with E-state index in [2.05, 4.69) is 39.2 Å². The predicted octanol–water partition coefficient (Wildman–Crippen LogP) is 2.11. The van der Waals surface area contributed by atoms with E-state index in [9.17, 15) is 0 Å². The molecule has 6 nitrogen and oxygen atoms in total. The molecule has 1 N–H and O–H groups in total. The molecule has 0 aliphatic rings. The standard InChI is InChI=1S/C14H16N6S/c1-10(7-15-2)14-17-13(8-21-14)11-4-3-5-12(6-11)20-9-16-18-19-20/h3-6,8-10,15H,7H2,1-2H3. The van der Waals surface area contributed by atoms with Crippen molar-refractivity contribution >= 4 is 11.3 Å². The first-order valence-electron chi connectivity index (χ1n) is 6.71. The molecule has 0 bridgehead atoms. The second-order valence-electron chi connectivity index (χ2n) is 4.83. The third-order valence-electron chi connectivity index (χ3n) is 3.21. The minimum absolute atomic E-state index is 0.413. The van der Waals surface area contributed by atoms with E-state index in [1.165, 1.54) is 0 Å². The van der Waals surface area contributed by atoms with Gasteiger partial charge in [-0.1, -0.05) is 19.1 Å². The maximum absolute atomic E-state index is 4.74. The fourth-order valence-electron chi connectivity index (χ4n) is 2.13. The normalized spacial score (nSPS) is 12.5. The van der Waals surface area contributed by atoms with Crippen molar-refractivity contribution in [2.75, 3.05) is 13.6 Å². The predicted molar refractivity (Wildman–Crippen MR) is 82.6 cm³/mol. The van der Waals surface area contributed by atoms with Crippen molar-refractivity contribution in [3.8, 4) is 16.9 Å². The van der Waals surface area contributed by atoms with Gasteiger partial charge in [-0.2, -0.15) is 0 Å². The fourth-order valence-corrected chi connectivity index (χ4v) is 3.02. The molecule has 0 amide bonds. The first-order valence-corrected chi connectivity index (χ1v) is 7.59. The van der Waals surface area contributed by atoms with Gasteiger partial charge in [-0.05, 0) is 29.6 Å². The van der Waals surface area contributed by atoms with Crippen LogP contribution in [0.25, 0.3) is 16.9 Å². The number of rotatable bonds is 5. The van der Waals surface area contributed by atoms with Crippen molar-refractivity contribution in [1.29, 1.82) is 0 Å². The molecule has 21 heavy (non-hydrogen) atoms. The van der Waals surface area contributed by atoms with Gasteiger partial charge in [0.15, 0.2) is 0 Å². The Bertz CT molecular complexity index is 706. The number of hydrogen-bond donors (Lipinski definition) is 1. The van der Waals surface area contributed by atoms with E-state index in [1.807, 2.05) is 25.2 Å². The summed E-state index contributed by atoms with van der Waals surface area (Å²) in [6.45, 7) is 3.11. The van der Waals surface area contributed by atoms with Gasteiger partial charge < -0.3 is 5.32 Å². The van der Waals surface area contributed by atoms with Crippen LogP contribution >= 0.6 is 11.3 Å². The number of benzene rings is 1. The largest absolute Gasteiger partial charge is 0.319 e. The smallest absolute Gasteiger partial charge is 0.143 e. The van der Waals surface area contributed by atoms with Crippen molar-refractivity contribution in [2.45, 2.75) is 12.8 Å². The molecular formula is C14H16N6S. The summed E-state index contributed by atoms with van der Waals surface area (Å²) in [5.41, 5.74) is 2.99. The summed E-state index contributed by atoms with van der Waals surface area (Å²) in [7, 11) is 1.96. The third kappa shape index (κ3) is 2.98. The highest BCUT2D eigenvalue weighted by molar-refractivity contribution is 7.10. The van der Waals surface area contributed by atoms with Crippen LogP contribution in [0.4, 0.5) is 0 Å². The number of aromatic nitrogens is 5. The molecule has 1 atom stereocenters. The molecule has 1 aromatic carbocycles. The summed E-state index contributed by atoms with van der Waals surface area (Å²) < 4.78 is 1.64. The van der Waals surface area contributed by atoms with Crippen LogP contribution in [-0.4, -0.2) is 38.8 Å². The van der Waals surface area contributed by atoms with Gasteiger partial charge in [-0.15, -0.1) is 16.4 Å². The lowest BCUT2D eigenvalue weighted by Crippen LogP contribution is -2.14. The summed E-state index contributed by atoms with van der Waals surface area (Å²) in [5, 5.41) is 17.7. The van der Waals surface area contributed by atoms with E-state index in [1.54, 1.807) is 22.3 Å². The van der Waals surface area contributed by atoms with Gasteiger partial charge in [0.25, 0.3) is 0 Å². The van der Waals surface area contributed by atoms with Crippen LogP contribution in [-0.2, 0) is 0 Å². The Morgan fingerprint density at radius 3 is 3.05 bits per heavy atom. The molecule has 0 saturated carbocycles. The summed E-state index contributed by atoms with van der Waals surface area (Å²) in [4.78, 5) is 4.74. The number of nitrogens with zero attached hydrogens (tertiary/aromatic N) is 5. The SMILES string of the molecule is CNCC(C)c1nc(-c2cccc(-n3cnnn3)c2)cs1. The van der Waals surface area contributed by atoms with E-state index in [0.29, 0.717) is 5.92 Å². The van der Waals surface area contributed by atoms with Crippen molar-refractivity contribution < 1.29 is 0 Å². The number of hydrogen-bond acceptors (Lipinski definition) is 6. The molecule has 0 aliphatic carbocycles. The van der Waals surface area contributed by atoms with Crippen LogP contribution in [0, 0.1) is 0 Å². The molecule has 108 valence electrons. The van der Waals surface area contributed by atoms with Crippen molar-refractivity contribution in [1.82, 2.24) is 30.5 Å². The summed E-state index contributed by atoms with van der Waals surface area (Å²) in [5.74, 6) is 0.413. The Labute approximate surface area is 126 Å². The Morgan fingerprint density at radius 2 is 2.29 bits per heavy atom. The van der Waals surface area contributed by atoms with E-state index in [0.717, 1.165) is 28.5 Å². The van der Waals surface area contributed by atoms with E-state index < -0.39 is 0 Å². The third-order valence-corrected chi connectivity index (χ3v) is 4.29. The monoisotopic (exact) mass is 300 g/mol. The highest BCUT2D eigenvalue weighted by Gasteiger charge is 2.11. The van der Waals surface area contributed by atoms with Gasteiger partial charge in [0.05, 0.1) is 16.4 Å². The Balaban J connectivity index is 1.89. The average Bonchev–Trinajstić information content (AvgIpc) is 3.19.